The summed E-state index contributed by atoms with van der Waals surface area (Å²) in [7, 11) is 0. The van der Waals surface area contributed by atoms with Crippen LogP contribution in [0.1, 0.15) is 43.9 Å². The minimum Gasteiger partial charge on any atom is -0.324 e. The van der Waals surface area contributed by atoms with E-state index in [1.807, 2.05) is 0 Å². The predicted octanol–water partition coefficient (Wildman–Crippen LogP) is 4.90. The standard InChI is InChI=1S/C13H17BrF3N/c1-8(2)3-4-12(18)9-5-10(13(15,16)17)7-11(14)6-9/h5-8,12H,3-4,18H2,1-2H3/t12-/m0/s1. The van der Waals surface area contributed by atoms with Gasteiger partial charge in [0.05, 0.1) is 5.56 Å². The normalized spacial score (nSPS) is 14.0. The Balaban J connectivity index is 2.92. The fourth-order valence-electron chi connectivity index (χ4n) is 1.67. The number of benzene rings is 1. The van der Waals surface area contributed by atoms with Crippen molar-refractivity contribution in [3.8, 4) is 0 Å². The van der Waals surface area contributed by atoms with E-state index in [0.717, 1.165) is 18.6 Å². The van der Waals surface area contributed by atoms with E-state index in [1.165, 1.54) is 0 Å². The first-order chi connectivity index (χ1) is 8.20. The topological polar surface area (TPSA) is 26.0 Å². The van der Waals surface area contributed by atoms with E-state index in [0.29, 0.717) is 22.4 Å². The second-order valence-corrected chi connectivity index (χ2v) is 5.76. The van der Waals surface area contributed by atoms with Crippen molar-refractivity contribution < 1.29 is 13.2 Å². The average molecular weight is 324 g/mol. The molecule has 0 radical (unpaired) electrons. The number of rotatable bonds is 4. The van der Waals surface area contributed by atoms with Crippen molar-refractivity contribution in [3.63, 3.8) is 0 Å². The largest absolute Gasteiger partial charge is 0.416 e. The van der Waals surface area contributed by atoms with Crippen LogP contribution in [0.2, 0.25) is 0 Å². The lowest BCUT2D eigenvalue weighted by molar-refractivity contribution is -0.137. The van der Waals surface area contributed by atoms with Gasteiger partial charge >= 0.3 is 6.18 Å². The lowest BCUT2D eigenvalue weighted by Crippen LogP contribution is -2.13. The molecule has 2 N–H and O–H groups in total. The van der Waals surface area contributed by atoms with Gasteiger partial charge in [-0.25, -0.2) is 0 Å². The van der Waals surface area contributed by atoms with E-state index >= 15 is 0 Å². The Labute approximate surface area is 114 Å². The van der Waals surface area contributed by atoms with Gasteiger partial charge in [-0.1, -0.05) is 29.8 Å². The quantitative estimate of drug-likeness (QED) is 0.837. The zero-order chi connectivity index (χ0) is 13.9. The highest BCUT2D eigenvalue weighted by atomic mass is 79.9. The summed E-state index contributed by atoms with van der Waals surface area (Å²) in [4.78, 5) is 0. The van der Waals surface area contributed by atoms with Crippen LogP contribution in [0.5, 0.6) is 0 Å². The highest BCUT2D eigenvalue weighted by molar-refractivity contribution is 9.10. The first-order valence-electron chi connectivity index (χ1n) is 5.83. The molecule has 0 saturated carbocycles. The van der Waals surface area contributed by atoms with Crippen molar-refractivity contribution in [3.05, 3.63) is 33.8 Å². The molecule has 0 unspecified atom stereocenters. The zero-order valence-electron chi connectivity index (χ0n) is 10.4. The van der Waals surface area contributed by atoms with Crippen LogP contribution in [0.25, 0.3) is 0 Å². The van der Waals surface area contributed by atoms with Crippen molar-refractivity contribution in [1.29, 1.82) is 0 Å². The van der Waals surface area contributed by atoms with E-state index in [9.17, 15) is 13.2 Å². The Morgan fingerprint density at radius 3 is 2.28 bits per heavy atom. The van der Waals surface area contributed by atoms with Gasteiger partial charge in [0.2, 0.25) is 0 Å². The second-order valence-electron chi connectivity index (χ2n) is 4.85. The third-order valence-corrected chi connectivity index (χ3v) is 3.19. The van der Waals surface area contributed by atoms with Gasteiger partial charge < -0.3 is 5.73 Å². The van der Waals surface area contributed by atoms with Crippen molar-refractivity contribution in [2.75, 3.05) is 0 Å². The summed E-state index contributed by atoms with van der Waals surface area (Å²) in [6, 6.07) is 3.50. The summed E-state index contributed by atoms with van der Waals surface area (Å²) in [6.07, 6.45) is -2.75. The van der Waals surface area contributed by atoms with E-state index in [4.69, 9.17) is 5.73 Å². The maximum Gasteiger partial charge on any atom is 0.416 e. The van der Waals surface area contributed by atoms with Crippen molar-refractivity contribution in [1.82, 2.24) is 0 Å². The first kappa shape index (κ1) is 15.5. The summed E-state index contributed by atoms with van der Waals surface area (Å²) in [5.74, 6) is 0.491. The fraction of sp³-hybridized carbons (Fsp3) is 0.538. The van der Waals surface area contributed by atoms with Crippen LogP contribution in [0.15, 0.2) is 22.7 Å². The Morgan fingerprint density at radius 1 is 1.17 bits per heavy atom. The summed E-state index contributed by atoms with van der Waals surface area (Å²) < 4.78 is 38.4. The molecule has 0 amide bonds. The van der Waals surface area contributed by atoms with Gasteiger partial charge in [0.15, 0.2) is 0 Å². The number of hydrogen-bond donors (Lipinski definition) is 1. The van der Waals surface area contributed by atoms with Crippen LogP contribution in [-0.2, 0) is 6.18 Å². The molecule has 1 aromatic rings. The van der Waals surface area contributed by atoms with Gasteiger partial charge in [-0.2, -0.15) is 13.2 Å². The maximum atomic E-state index is 12.7. The molecule has 0 fully saturated rings. The lowest BCUT2D eigenvalue weighted by atomic mass is 9.97. The predicted molar refractivity (Wildman–Crippen MR) is 70.1 cm³/mol. The van der Waals surface area contributed by atoms with E-state index in [-0.39, 0.29) is 6.04 Å². The lowest BCUT2D eigenvalue weighted by Gasteiger charge is -2.16. The third kappa shape index (κ3) is 4.61. The highest BCUT2D eigenvalue weighted by Gasteiger charge is 2.31. The fourth-order valence-corrected chi connectivity index (χ4v) is 2.18. The molecule has 0 saturated heterocycles. The van der Waals surface area contributed by atoms with Crippen LogP contribution in [0.4, 0.5) is 13.2 Å². The number of alkyl halides is 3. The van der Waals surface area contributed by atoms with Crippen LogP contribution < -0.4 is 5.73 Å². The van der Waals surface area contributed by atoms with Crippen LogP contribution >= 0.6 is 15.9 Å². The summed E-state index contributed by atoms with van der Waals surface area (Å²) in [5, 5.41) is 0. The third-order valence-electron chi connectivity index (χ3n) is 2.73. The minimum atomic E-state index is -4.34. The van der Waals surface area contributed by atoms with Crippen molar-refractivity contribution >= 4 is 15.9 Å². The maximum absolute atomic E-state index is 12.7. The summed E-state index contributed by atoms with van der Waals surface area (Å²) >= 11 is 3.10. The molecule has 18 heavy (non-hydrogen) atoms. The molecule has 0 aromatic heterocycles. The van der Waals surface area contributed by atoms with Crippen molar-refractivity contribution in [2.24, 2.45) is 11.7 Å². The monoisotopic (exact) mass is 323 g/mol. The van der Waals surface area contributed by atoms with Gasteiger partial charge in [-0.15, -0.1) is 0 Å². The van der Waals surface area contributed by atoms with Gasteiger partial charge in [0, 0.05) is 10.5 Å². The Hall–Kier alpha value is -0.550. The van der Waals surface area contributed by atoms with Crippen LogP contribution in [0, 0.1) is 5.92 Å². The van der Waals surface area contributed by atoms with E-state index in [1.54, 1.807) is 6.07 Å². The number of hydrogen-bond acceptors (Lipinski definition) is 1. The van der Waals surface area contributed by atoms with E-state index in [2.05, 4.69) is 29.8 Å². The smallest absolute Gasteiger partial charge is 0.324 e. The average Bonchev–Trinajstić information content (AvgIpc) is 2.23. The molecule has 1 atom stereocenters. The number of nitrogens with two attached hydrogens (primary N) is 1. The summed E-state index contributed by atoms with van der Waals surface area (Å²) in [6.45, 7) is 4.13. The first-order valence-corrected chi connectivity index (χ1v) is 6.62. The molecule has 0 aliphatic carbocycles. The van der Waals surface area contributed by atoms with Gasteiger partial charge in [0.1, 0.15) is 0 Å². The van der Waals surface area contributed by atoms with Gasteiger partial charge in [0.25, 0.3) is 0 Å². The zero-order valence-corrected chi connectivity index (χ0v) is 12.0. The molecule has 1 rings (SSSR count). The van der Waals surface area contributed by atoms with Gasteiger partial charge in [-0.05, 0) is 42.5 Å². The molecule has 0 aliphatic rings. The molecular weight excluding hydrogens is 307 g/mol. The molecule has 5 heteroatoms. The van der Waals surface area contributed by atoms with Gasteiger partial charge in [-0.3, -0.25) is 0 Å². The Morgan fingerprint density at radius 2 is 1.78 bits per heavy atom. The second kappa shape index (κ2) is 6.06. The van der Waals surface area contributed by atoms with Crippen LogP contribution in [0.3, 0.4) is 0 Å². The van der Waals surface area contributed by atoms with E-state index < -0.39 is 11.7 Å². The van der Waals surface area contributed by atoms with Crippen LogP contribution in [-0.4, -0.2) is 0 Å². The minimum absolute atomic E-state index is 0.356. The Kier molecular flexibility index (Phi) is 5.22. The molecule has 0 bridgehead atoms. The molecular formula is C13H17BrF3N. The molecule has 102 valence electrons. The highest BCUT2D eigenvalue weighted by Crippen LogP contribution is 2.33. The SMILES string of the molecule is CC(C)CC[C@H](N)c1cc(Br)cc(C(F)(F)F)c1. The van der Waals surface area contributed by atoms with Crippen molar-refractivity contribution in [2.45, 2.75) is 38.9 Å². The molecule has 0 heterocycles. The molecule has 1 nitrogen and oxygen atoms in total. The molecule has 0 spiro atoms. The summed E-state index contributed by atoms with van der Waals surface area (Å²) in [5.41, 5.74) is 5.80. The number of halogens is 4. The Bertz CT molecular complexity index is 402. The molecule has 0 aliphatic heterocycles. The molecule has 1 aromatic carbocycles.